The van der Waals surface area contributed by atoms with Crippen molar-refractivity contribution in [2.75, 3.05) is 10.2 Å². The van der Waals surface area contributed by atoms with E-state index in [1.54, 1.807) is 65.9 Å². The zero-order chi connectivity index (χ0) is 29.9. The van der Waals surface area contributed by atoms with E-state index in [4.69, 9.17) is 4.74 Å². The molecule has 2 N–H and O–H groups in total. The van der Waals surface area contributed by atoms with Gasteiger partial charge in [0.15, 0.2) is 0 Å². The van der Waals surface area contributed by atoms with Crippen molar-refractivity contribution in [3.05, 3.63) is 76.2 Å². The fraction of sp³-hybridized carbons (Fsp3) is 0.379. The predicted octanol–water partition coefficient (Wildman–Crippen LogP) is 5.46. The molecule has 1 unspecified atom stereocenters. The van der Waals surface area contributed by atoms with Crippen LogP contribution in [0.1, 0.15) is 62.8 Å². The van der Waals surface area contributed by atoms with Crippen LogP contribution in [0.3, 0.4) is 0 Å². The maximum absolute atomic E-state index is 15.4. The summed E-state index contributed by atoms with van der Waals surface area (Å²) in [6.45, 7) is 14.4. The summed E-state index contributed by atoms with van der Waals surface area (Å²) in [4.78, 5) is 39.3. The van der Waals surface area contributed by atoms with Crippen molar-refractivity contribution in [2.45, 2.75) is 66.0 Å². The molecule has 3 rings (SSSR count). The Bertz CT molecular complexity index is 1500. The summed E-state index contributed by atoms with van der Waals surface area (Å²) in [6.07, 6.45) is 1.10. The molecular formula is C29H36FN5O5. The minimum atomic E-state index is -1.10. The van der Waals surface area contributed by atoms with E-state index in [9.17, 15) is 19.5 Å². The molecule has 3 aromatic rings. The van der Waals surface area contributed by atoms with Gasteiger partial charge in [-0.25, -0.2) is 14.0 Å². The molecule has 0 aliphatic carbocycles. The van der Waals surface area contributed by atoms with Crippen LogP contribution in [-0.2, 0) is 13.5 Å². The molecule has 2 aromatic carbocycles. The molecule has 2 amide bonds. The molecule has 214 valence electrons. The Labute approximate surface area is 232 Å². The van der Waals surface area contributed by atoms with E-state index in [0.29, 0.717) is 35.6 Å². The second-order valence-corrected chi connectivity index (χ2v) is 10.5. The predicted molar refractivity (Wildman–Crippen MR) is 152 cm³/mol. The van der Waals surface area contributed by atoms with E-state index >= 15 is 4.39 Å². The second kappa shape index (κ2) is 11.8. The SMILES string of the molecule is C=CCC(C)Oc1cc(-n2nc(CC)n(C)c2=O)c(F)cc1C(=O)Nc1ccc(N(C(=O)O)C(C)(C)C)cc1C. The third kappa shape index (κ3) is 6.24. The summed E-state index contributed by atoms with van der Waals surface area (Å²) >= 11 is 0. The van der Waals surface area contributed by atoms with Gasteiger partial charge in [-0.3, -0.25) is 14.3 Å². The van der Waals surface area contributed by atoms with Gasteiger partial charge in [-0.05, 0) is 64.4 Å². The fourth-order valence-corrected chi connectivity index (χ4v) is 4.32. The molecule has 0 saturated heterocycles. The molecular weight excluding hydrogens is 517 g/mol. The van der Waals surface area contributed by atoms with Gasteiger partial charge in [0.1, 0.15) is 23.1 Å². The smallest absolute Gasteiger partial charge is 0.412 e. The number of amides is 2. The van der Waals surface area contributed by atoms with Gasteiger partial charge in [-0.1, -0.05) is 13.0 Å². The van der Waals surface area contributed by atoms with Crippen LogP contribution in [0, 0.1) is 12.7 Å². The Morgan fingerprint density at radius 2 is 1.95 bits per heavy atom. The van der Waals surface area contributed by atoms with Crippen LogP contribution in [0.5, 0.6) is 5.75 Å². The third-order valence-electron chi connectivity index (χ3n) is 6.31. The molecule has 0 radical (unpaired) electrons. The quantitative estimate of drug-likeness (QED) is 0.340. The molecule has 0 fully saturated rings. The lowest BCUT2D eigenvalue weighted by Crippen LogP contribution is -2.45. The number of anilines is 2. The van der Waals surface area contributed by atoms with Gasteiger partial charge in [0.2, 0.25) is 0 Å². The van der Waals surface area contributed by atoms with Crippen LogP contribution in [0.25, 0.3) is 5.69 Å². The van der Waals surface area contributed by atoms with Crippen LogP contribution in [0.4, 0.5) is 20.6 Å². The lowest BCUT2D eigenvalue weighted by atomic mass is 10.0. The van der Waals surface area contributed by atoms with Gasteiger partial charge in [-0.2, -0.15) is 4.68 Å². The summed E-state index contributed by atoms with van der Waals surface area (Å²) in [5, 5.41) is 16.7. The van der Waals surface area contributed by atoms with Crippen LogP contribution in [-0.4, -0.2) is 43.1 Å². The average molecular weight is 554 g/mol. The summed E-state index contributed by atoms with van der Waals surface area (Å²) in [7, 11) is 1.55. The fourth-order valence-electron chi connectivity index (χ4n) is 4.32. The minimum Gasteiger partial charge on any atom is -0.489 e. The number of benzene rings is 2. The molecule has 0 spiro atoms. The molecule has 40 heavy (non-hydrogen) atoms. The zero-order valence-corrected chi connectivity index (χ0v) is 23.9. The Kier molecular flexibility index (Phi) is 8.87. The number of hydrogen-bond acceptors (Lipinski definition) is 5. The summed E-state index contributed by atoms with van der Waals surface area (Å²) in [5.74, 6) is -0.930. The molecule has 0 saturated carbocycles. The molecule has 1 heterocycles. The number of nitrogens with one attached hydrogen (secondary N) is 1. The maximum Gasteiger partial charge on any atom is 0.412 e. The van der Waals surface area contributed by atoms with Crippen LogP contribution >= 0.6 is 0 Å². The normalized spacial score (nSPS) is 12.1. The number of aryl methyl sites for hydroxylation is 2. The highest BCUT2D eigenvalue weighted by molar-refractivity contribution is 6.07. The first-order valence-electron chi connectivity index (χ1n) is 12.9. The largest absolute Gasteiger partial charge is 0.489 e. The Morgan fingerprint density at radius 3 is 2.48 bits per heavy atom. The first kappa shape index (κ1) is 30.1. The van der Waals surface area contributed by atoms with E-state index in [0.717, 1.165) is 10.7 Å². The number of rotatable bonds is 9. The van der Waals surface area contributed by atoms with E-state index < -0.39 is 35.2 Å². The van der Waals surface area contributed by atoms with Gasteiger partial charge < -0.3 is 15.2 Å². The van der Waals surface area contributed by atoms with Crippen LogP contribution in [0.15, 0.2) is 47.8 Å². The van der Waals surface area contributed by atoms with Crippen molar-refractivity contribution >= 4 is 23.4 Å². The maximum atomic E-state index is 15.4. The minimum absolute atomic E-state index is 0.0675. The highest BCUT2D eigenvalue weighted by Gasteiger charge is 2.28. The topological polar surface area (TPSA) is 119 Å². The molecule has 11 heteroatoms. The lowest BCUT2D eigenvalue weighted by Gasteiger charge is -2.33. The van der Waals surface area contributed by atoms with Crippen molar-refractivity contribution < 1.29 is 23.8 Å². The number of carbonyl (C=O) groups excluding carboxylic acids is 1. The van der Waals surface area contributed by atoms with E-state index in [-0.39, 0.29) is 17.0 Å². The molecule has 0 aliphatic rings. The summed E-state index contributed by atoms with van der Waals surface area (Å²) < 4.78 is 23.7. The number of ether oxygens (including phenoxy) is 1. The first-order valence-corrected chi connectivity index (χ1v) is 12.9. The number of aromatic nitrogens is 3. The molecule has 10 nitrogen and oxygen atoms in total. The number of nitrogens with zero attached hydrogens (tertiary/aromatic N) is 4. The monoisotopic (exact) mass is 553 g/mol. The van der Waals surface area contributed by atoms with E-state index in [1.165, 1.54) is 15.5 Å². The molecule has 0 aliphatic heterocycles. The van der Waals surface area contributed by atoms with Crippen LogP contribution < -0.4 is 20.6 Å². The van der Waals surface area contributed by atoms with Crippen molar-refractivity contribution in [2.24, 2.45) is 7.05 Å². The standard InChI is InChI=1S/C29H36FN5O5/c1-9-11-18(4)40-24-16-23(35-27(37)33(8)25(10-2)32-35)21(30)15-20(24)26(36)31-22-13-12-19(14-17(22)3)34(28(38)39)29(5,6)7/h9,12-16,18H,1,10-11H2,2-8H3,(H,31,36)(H,38,39). The van der Waals surface area contributed by atoms with Gasteiger partial charge in [-0.15, -0.1) is 11.7 Å². The first-order chi connectivity index (χ1) is 18.7. The number of hydrogen-bond donors (Lipinski definition) is 2. The van der Waals surface area contributed by atoms with Gasteiger partial charge in [0.25, 0.3) is 5.91 Å². The second-order valence-electron chi connectivity index (χ2n) is 10.5. The third-order valence-corrected chi connectivity index (χ3v) is 6.31. The molecule has 1 aromatic heterocycles. The van der Waals surface area contributed by atoms with E-state index in [1.807, 2.05) is 6.92 Å². The number of carboxylic acid groups (broad SMARTS) is 1. The Morgan fingerprint density at radius 1 is 1.27 bits per heavy atom. The van der Waals surface area contributed by atoms with Crippen LogP contribution in [0.2, 0.25) is 0 Å². The van der Waals surface area contributed by atoms with Gasteiger partial charge in [0.05, 0.1) is 11.7 Å². The van der Waals surface area contributed by atoms with Gasteiger partial charge in [0, 0.05) is 42.9 Å². The molecule has 0 bridgehead atoms. The van der Waals surface area contributed by atoms with Crippen molar-refractivity contribution in [3.8, 4) is 11.4 Å². The Balaban J connectivity index is 2.04. The highest BCUT2D eigenvalue weighted by atomic mass is 19.1. The van der Waals surface area contributed by atoms with Crippen molar-refractivity contribution in [1.29, 1.82) is 0 Å². The Hall–Kier alpha value is -4.41. The summed E-state index contributed by atoms with van der Waals surface area (Å²) in [5.41, 5.74) is 0.0183. The van der Waals surface area contributed by atoms with Crippen molar-refractivity contribution in [3.63, 3.8) is 0 Å². The summed E-state index contributed by atoms with van der Waals surface area (Å²) in [6, 6.07) is 7.15. The van der Waals surface area contributed by atoms with E-state index in [2.05, 4.69) is 17.0 Å². The lowest BCUT2D eigenvalue weighted by molar-refractivity contribution is 0.101. The number of carbonyl (C=O) groups is 2. The van der Waals surface area contributed by atoms with Crippen molar-refractivity contribution in [1.82, 2.24) is 14.3 Å². The zero-order valence-electron chi connectivity index (χ0n) is 23.9. The average Bonchev–Trinajstić information content (AvgIpc) is 3.14. The number of halogens is 1. The van der Waals surface area contributed by atoms with Gasteiger partial charge >= 0.3 is 11.8 Å². The molecule has 1 atom stereocenters. The highest BCUT2D eigenvalue weighted by Crippen LogP contribution is 2.31.